The standard InChI is InChI=1S/C16H14O4/c1-18-13-3-2-4-14(8-13)19-9-11-10-20-16-6-5-12(17)7-15(11)16/h2-8,10,17H,9H2,1H3. The average molecular weight is 270 g/mol. The second-order valence-electron chi connectivity index (χ2n) is 4.41. The van der Waals surface area contributed by atoms with Gasteiger partial charge in [0.1, 0.15) is 29.4 Å². The molecular formula is C16H14O4. The zero-order chi connectivity index (χ0) is 13.9. The second-order valence-corrected chi connectivity index (χ2v) is 4.41. The number of furan rings is 1. The number of aromatic hydroxyl groups is 1. The Morgan fingerprint density at radius 2 is 1.95 bits per heavy atom. The number of methoxy groups -OCH3 is 1. The van der Waals surface area contributed by atoms with Gasteiger partial charge in [0, 0.05) is 17.0 Å². The summed E-state index contributed by atoms with van der Waals surface area (Å²) in [6, 6.07) is 12.4. The van der Waals surface area contributed by atoms with Crippen molar-refractivity contribution in [2.75, 3.05) is 7.11 Å². The van der Waals surface area contributed by atoms with Crippen LogP contribution in [-0.2, 0) is 6.61 Å². The highest BCUT2D eigenvalue weighted by molar-refractivity contribution is 5.82. The first-order chi connectivity index (χ1) is 9.76. The van der Waals surface area contributed by atoms with Gasteiger partial charge in [0.25, 0.3) is 0 Å². The first-order valence-corrected chi connectivity index (χ1v) is 6.22. The Hall–Kier alpha value is -2.62. The maximum atomic E-state index is 9.53. The fraction of sp³-hybridized carbons (Fsp3) is 0.125. The van der Waals surface area contributed by atoms with Gasteiger partial charge in [-0.15, -0.1) is 0 Å². The summed E-state index contributed by atoms with van der Waals surface area (Å²) >= 11 is 0. The van der Waals surface area contributed by atoms with Crippen molar-refractivity contribution in [2.45, 2.75) is 6.61 Å². The Balaban J connectivity index is 1.81. The normalized spacial score (nSPS) is 10.7. The summed E-state index contributed by atoms with van der Waals surface area (Å²) in [5, 5.41) is 10.4. The number of phenolic OH excluding ortho intramolecular Hbond substituents is 1. The zero-order valence-electron chi connectivity index (χ0n) is 11.0. The fourth-order valence-corrected chi connectivity index (χ4v) is 2.03. The van der Waals surface area contributed by atoms with E-state index in [0.29, 0.717) is 6.61 Å². The summed E-state index contributed by atoms with van der Waals surface area (Å²) in [4.78, 5) is 0. The third kappa shape index (κ3) is 2.40. The summed E-state index contributed by atoms with van der Waals surface area (Å²) in [5.74, 6) is 1.68. The lowest BCUT2D eigenvalue weighted by atomic mass is 10.2. The van der Waals surface area contributed by atoms with Crippen LogP contribution in [0.4, 0.5) is 0 Å². The molecular weight excluding hydrogens is 256 g/mol. The van der Waals surface area contributed by atoms with E-state index in [9.17, 15) is 5.11 Å². The fourth-order valence-electron chi connectivity index (χ4n) is 2.03. The molecule has 3 rings (SSSR count). The van der Waals surface area contributed by atoms with Crippen LogP contribution in [0.5, 0.6) is 17.2 Å². The number of phenols is 1. The molecule has 0 aliphatic rings. The van der Waals surface area contributed by atoms with Crippen molar-refractivity contribution in [3.63, 3.8) is 0 Å². The van der Waals surface area contributed by atoms with E-state index in [1.807, 2.05) is 24.3 Å². The number of fused-ring (bicyclic) bond motifs is 1. The molecule has 1 aromatic heterocycles. The third-order valence-electron chi connectivity index (χ3n) is 3.07. The number of hydrogen-bond acceptors (Lipinski definition) is 4. The van der Waals surface area contributed by atoms with Crippen LogP contribution in [-0.4, -0.2) is 12.2 Å². The molecule has 0 bridgehead atoms. The molecule has 102 valence electrons. The molecule has 3 aromatic rings. The van der Waals surface area contributed by atoms with Crippen molar-refractivity contribution >= 4 is 11.0 Å². The van der Waals surface area contributed by atoms with E-state index in [1.54, 1.807) is 31.6 Å². The van der Waals surface area contributed by atoms with Crippen molar-refractivity contribution in [2.24, 2.45) is 0 Å². The van der Waals surface area contributed by atoms with E-state index in [2.05, 4.69) is 0 Å². The van der Waals surface area contributed by atoms with E-state index >= 15 is 0 Å². The highest BCUT2D eigenvalue weighted by atomic mass is 16.5. The lowest BCUT2D eigenvalue weighted by molar-refractivity contribution is 0.303. The molecule has 4 nitrogen and oxygen atoms in total. The van der Waals surface area contributed by atoms with Gasteiger partial charge in [-0.1, -0.05) is 6.07 Å². The summed E-state index contributed by atoms with van der Waals surface area (Å²) in [7, 11) is 1.62. The molecule has 0 spiro atoms. The minimum atomic E-state index is 0.210. The number of rotatable bonds is 4. The van der Waals surface area contributed by atoms with Gasteiger partial charge < -0.3 is 19.0 Å². The molecule has 0 aliphatic carbocycles. The van der Waals surface area contributed by atoms with Crippen LogP contribution in [0.25, 0.3) is 11.0 Å². The quantitative estimate of drug-likeness (QED) is 0.785. The van der Waals surface area contributed by atoms with Crippen LogP contribution in [0.15, 0.2) is 53.1 Å². The van der Waals surface area contributed by atoms with Gasteiger partial charge in [0.15, 0.2) is 0 Å². The Morgan fingerprint density at radius 1 is 1.10 bits per heavy atom. The minimum absolute atomic E-state index is 0.210. The molecule has 2 aromatic carbocycles. The molecule has 20 heavy (non-hydrogen) atoms. The largest absolute Gasteiger partial charge is 0.508 e. The van der Waals surface area contributed by atoms with E-state index in [-0.39, 0.29) is 5.75 Å². The van der Waals surface area contributed by atoms with Gasteiger partial charge in [-0.3, -0.25) is 0 Å². The van der Waals surface area contributed by atoms with E-state index < -0.39 is 0 Å². The molecule has 0 saturated carbocycles. The molecule has 1 heterocycles. The van der Waals surface area contributed by atoms with Crippen LogP contribution in [0.2, 0.25) is 0 Å². The summed E-state index contributed by atoms with van der Waals surface area (Å²) in [5.41, 5.74) is 1.62. The minimum Gasteiger partial charge on any atom is -0.508 e. The Kier molecular flexibility index (Phi) is 3.21. The van der Waals surface area contributed by atoms with Crippen molar-refractivity contribution < 1.29 is 19.0 Å². The molecule has 1 N–H and O–H groups in total. The predicted molar refractivity (Wildman–Crippen MR) is 75.2 cm³/mol. The SMILES string of the molecule is COc1cccc(OCc2coc3ccc(O)cc23)c1. The van der Waals surface area contributed by atoms with Crippen molar-refractivity contribution in [1.82, 2.24) is 0 Å². The molecule has 0 fully saturated rings. The Morgan fingerprint density at radius 3 is 2.80 bits per heavy atom. The molecule has 0 unspecified atom stereocenters. The van der Waals surface area contributed by atoms with Crippen molar-refractivity contribution in [3.05, 3.63) is 54.3 Å². The van der Waals surface area contributed by atoms with Crippen LogP contribution in [0.1, 0.15) is 5.56 Å². The highest BCUT2D eigenvalue weighted by Crippen LogP contribution is 2.27. The molecule has 0 radical (unpaired) electrons. The molecule has 4 heteroatoms. The van der Waals surface area contributed by atoms with E-state index in [0.717, 1.165) is 28.0 Å². The smallest absolute Gasteiger partial charge is 0.134 e. The maximum Gasteiger partial charge on any atom is 0.134 e. The average Bonchev–Trinajstić information content (AvgIpc) is 2.87. The number of ether oxygens (including phenoxy) is 2. The lowest BCUT2D eigenvalue weighted by Gasteiger charge is -2.06. The van der Waals surface area contributed by atoms with Gasteiger partial charge >= 0.3 is 0 Å². The molecule has 0 aliphatic heterocycles. The first-order valence-electron chi connectivity index (χ1n) is 6.22. The lowest BCUT2D eigenvalue weighted by Crippen LogP contribution is -1.94. The topological polar surface area (TPSA) is 51.8 Å². The van der Waals surface area contributed by atoms with Crippen LogP contribution >= 0.6 is 0 Å². The monoisotopic (exact) mass is 270 g/mol. The van der Waals surface area contributed by atoms with Crippen LogP contribution < -0.4 is 9.47 Å². The highest BCUT2D eigenvalue weighted by Gasteiger charge is 2.07. The summed E-state index contributed by atoms with van der Waals surface area (Å²) < 4.78 is 16.3. The van der Waals surface area contributed by atoms with Gasteiger partial charge in [0.05, 0.1) is 13.4 Å². The van der Waals surface area contributed by atoms with Crippen LogP contribution in [0.3, 0.4) is 0 Å². The van der Waals surface area contributed by atoms with Gasteiger partial charge in [-0.2, -0.15) is 0 Å². The third-order valence-corrected chi connectivity index (χ3v) is 3.07. The molecule has 0 amide bonds. The van der Waals surface area contributed by atoms with Gasteiger partial charge in [-0.05, 0) is 30.3 Å². The van der Waals surface area contributed by atoms with Crippen LogP contribution in [0, 0.1) is 0 Å². The van der Waals surface area contributed by atoms with E-state index in [1.165, 1.54) is 0 Å². The zero-order valence-corrected chi connectivity index (χ0v) is 11.0. The van der Waals surface area contributed by atoms with E-state index in [4.69, 9.17) is 13.9 Å². The Bertz CT molecular complexity index is 730. The van der Waals surface area contributed by atoms with Crippen molar-refractivity contribution in [1.29, 1.82) is 0 Å². The Labute approximate surface area is 116 Å². The number of hydrogen-bond donors (Lipinski definition) is 1. The van der Waals surface area contributed by atoms with Gasteiger partial charge in [-0.25, -0.2) is 0 Å². The predicted octanol–water partition coefficient (Wildman–Crippen LogP) is 3.73. The van der Waals surface area contributed by atoms with Crippen molar-refractivity contribution in [3.8, 4) is 17.2 Å². The maximum absolute atomic E-state index is 9.53. The molecule has 0 atom stereocenters. The summed E-state index contributed by atoms with van der Waals surface area (Å²) in [6.07, 6.45) is 1.64. The van der Waals surface area contributed by atoms with Gasteiger partial charge in [0.2, 0.25) is 0 Å². The first kappa shape index (κ1) is 12.4. The summed E-state index contributed by atoms with van der Waals surface area (Å²) in [6.45, 7) is 0.365. The number of benzene rings is 2. The second kappa shape index (κ2) is 5.17. The molecule has 0 saturated heterocycles.